The average Bonchev–Trinajstić information content (AvgIpc) is 3.27. The van der Waals surface area contributed by atoms with Crippen LogP contribution in [0.2, 0.25) is 0 Å². The first kappa shape index (κ1) is 13.1. The number of carbonyl (C=O) groups is 1. The Morgan fingerprint density at radius 1 is 1.35 bits per heavy atom. The first-order valence-corrected chi connectivity index (χ1v) is 7.30. The third kappa shape index (κ3) is 2.53. The second kappa shape index (κ2) is 5.23. The highest BCUT2D eigenvalue weighted by Gasteiger charge is 2.31. The Hall–Kier alpha value is -1.90. The summed E-state index contributed by atoms with van der Waals surface area (Å²) in [6, 6.07) is 10.5. The molecule has 0 spiro atoms. The maximum atomic E-state index is 11.4. The molecule has 2 aromatic rings. The largest absolute Gasteiger partial charge is 0.353 e. The number of aromatic nitrogens is 1. The lowest BCUT2D eigenvalue weighted by Crippen LogP contribution is -2.31. The van der Waals surface area contributed by atoms with Crippen LogP contribution in [0.4, 0.5) is 5.82 Å². The first-order valence-electron chi connectivity index (χ1n) is 7.30. The zero-order valence-electron chi connectivity index (χ0n) is 12.0. The minimum absolute atomic E-state index is 0.559. The normalized spacial score (nSPS) is 14.8. The van der Waals surface area contributed by atoms with Gasteiger partial charge in [0.15, 0.2) is 6.29 Å². The minimum atomic E-state index is 0.559. The number of pyridine rings is 1. The smallest absolute Gasteiger partial charge is 0.153 e. The van der Waals surface area contributed by atoms with Crippen molar-refractivity contribution in [2.75, 3.05) is 11.4 Å². The summed E-state index contributed by atoms with van der Waals surface area (Å²) in [6.07, 6.45) is 3.35. The summed E-state index contributed by atoms with van der Waals surface area (Å²) in [4.78, 5) is 18.5. The van der Waals surface area contributed by atoms with Gasteiger partial charge in [0, 0.05) is 18.0 Å². The lowest BCUT2D eigenvalue weighted by atomic mass is 10.1. The molecular formula is C17H20N2O. The van der Waals surface area contributed by atoms with Crippen molar-refractivity contribution < 1.29 is 4.79 Å². The van der Waals surface area contributed by atoms with Crippen LogP contribution < -0.4 is 4.90 Å². The molecule has 0 radical (unpaired) electrons. The fourth-order valence-electron chi connectivity index (χ4n) is 2.63. The maximum Gasteiger partial charge on any atom is 0.153 e. The molecule has 1 heterocycles. The number of nitrogens with zero attached hydrogens (tertiary/aromatic N) is 2. The van der Waals surface area contributed by atoms with Crippen molar-refractivity contribution in [3.63, 3.8) is 0 Å². The number of hydrogen-bond donors (Lipinski definition) is 0. The van der Waals surface area contributed by atoms with E-state index < -0.39 is 0 Å². The Labute approximate surface area is 119 Å². The number of hydrogen-bond acceptors (Lipinski definition) is 3. The van der Waals surface area contributed by atoms with Crippen molar-refractivity contribution in [2.45, 2.75) is 32.7 Å². The fourth-order valence-corrected chi connectivity index (χ4v) is 2.63. The van der Waals surface area contributed by atoms with Crippen LogP contribution in [0.5, 0.6) is 0 Å². The zero-order valence-corrected chi connectivity index (χ0v) is 12.0. The van der Waals surface area contributed by atoms with Gasteiger partial charge < -0.3 is 4.90 Å². The van der Waals surface area contributed by atoms with Crippen LogP contribution in [-0.2, 0) is 0 Å². The van der Waals surface area contributed by atoms with Gasteiger partial charge in [-0.15, -0.1) is 0 Å². The molecule has 3 nitrogen and oxygen atoms in total. The van der Waals surface area contributed by atoms with E-state index in [0.717, 1.165) is 29.6 Å². The molecule has 3 heteroatoms. The molecule has 0 N–H and O–H groups in total. The molecule has 0 saturated heterocycles. The Morgan fingerprint density at radius 3 is 2.75 bits per heavy atom. The summed E-state index contributed by atoms with van der Waals surface area (Å²) >= 11 is 0. The summed E-state index contributed by atoms with van der Waals surface area (Å²) in [7, 11) is 0. The molecule has 1 aliphatic rings. The van der Waals surface area contributed by atoms with Gasteiger partial charge in [0.1, 0.15) is 5.82 Å². The molecule has 0 bridgehead atoms. The van der Waals surface area contributed by atoms with Crippen LogP contribution in [0.25, 0.3) is 10.9 Å². The molecule has 1 aliphatic carbocycles. The zero-order chi connectivity index (χ0) is 14.1. The SMILES string of the molecule is CC(C)CN(c1nc2ccccc2cc1C=O)C1CC1. The van der Waals surface area contributed by atoms with Crippen molar-refractivity contribution >= 4 is 23.0 Å². The third-order valence-corrected chi connectivity index (χ3v) is 3.68. The number of carbonyl (C=O) groups excluding carboxylic acids is 1. The van der Waals surface area contributed by atoms with Crippen molar-refractivity contribution in [1.29, 1.82) is 0 Å². The summed E-state index contributed by atoms with van der Waals surface area (Å²) in [5.74, 6) is 1.42. The predicted molar refractivity (Wildman–Crippen MR) is 82.3 cm³/mol. The second-order valence-electron chi connectivity index (χ2n) is 5.99. The molecular weight excluding hydrogens is 248 g/mol. The van der Waals surface area contributed by atoms with Gasteiger partial charge in [0.2, 0.25) is 0 Å². The second-order valence-corrected chi connectivity index (χ2v) is 5.99. The van der Waals surface area contributed by atoms with Crippen molar-refractivity contribution in [3.05, 3.63) is 35.9 Å². The van der Waals surface area contributed by atoms with Gasteiger partial charge in [-0.3, -0.25) is 4.79 Å². The van der Waals surface area contributed by atoms with Gasteiger partial charge in [-0.05, 0) is 30.9 Å². The fraction of sp³-hybridized carbons (Fsp3) is 0.412. The standard InChI is InChI=1S/C17H20N2O/c1-12(2)10-19(15-7-8-15)17-14(11-20)9-13-5-3-4-6-16(13)18-17/h3-6,9,11-12,15H,7-8,10H2,1-2H3. The molecule has 1 fully saturated rings. The Bertz CT molecular complexity index is 632. The summed E-state index contributed by atoms with van der Waals surface area (Å²) in [5, 5.41) is 1.03. The molecule has 0 aliphatic heterocycles. The third-order valence-electron chi connectivity index (χ3n) is 3.68. The Kier molecular flexibility index (Phi) is 3.43. The van der Waals surface area contributed by atoms with E-state index in [1.807, 2.05) is 30.3 Å². The molecule has 1 saturated carbocycles. The maximum absolute atomic E-state index is 11.4. The number of benzene rings is 1. The lowest BCUT2D eigenvalue weighted by molar-refractivity contribution is 0.112. The first-order chi connectivity index (χ1) is 9.69. The van der Waals surface area contributed by atoms with Gasteiger partial charge in [0.25, 0.3) is 0 Å². The van der Waals surface area contributed by atoms with E-state index in [1.54, 1.807) is 0 Å². The van der Waals surface area contributed by atoms with E-state index in [9.17, 15) is 4.79 Å². The summed E-state index contributed by atoms with van der Waals surface area (Å²) in [6.45, 7) is 5.37. The molecule has 1 aromatic heterocycles. The van der Waals surface area contributed by atoms with E-state index in [4.69, 9.17) is 4.98 Å². The molecule has 0 atom stereocenters. The van der Waals surface area contributed by atoms with E-state index >= 15 is 0 Å². The van der Waals surface area contributed by atoms with Crippen molar-refractivity contribution in [3.8, 4) is 0 Å². The molecule has 3 rings (SSSR count). The van der Waals surface area contributed by atoms with Crippen molar-refractivity contribution in [1.82, 2.24) is 4.98 Å². The quantitative estimate of drug-likeness (QED) is 0.776. The van der Waals surface area contributed by atoms with E-state index in [2.05, 4.69) is 18.7 Å². The van der Waals surface area contributed by atoms with Gasteiger partial charge >= 0.3 is 0 Å². The molecule has 104 valence electrons. The highest BCUT2D eigenvalue weighted by atomic mass is 16.1. The summed E-state index contributed by atoms with van der Waals surface area (Å²) in [5.41, 5.74) is 1.67. The predicted octanol–water partition coefficient (Wildman–Crippen LogP) is 3.67. The molecule has 0 amide bonds. The number of fused-ring (bicyclic) bond motifs is 1. The van der Waals surface area contributed by atoms with Crippen LogP contribution >= 0.6 is 0 Å². The van der Waals surface area contributed by atoms with E-state index in [0.29, 0.717) is 17.5 Å². The van der Waals surface area contributed by atoms with E-state index in [1.165, 1.54) is 12.8 Å². The van der Waals surface area contributed by atoms with Crippen molar-refractivity contribution in [2.24, 2.45) is 5.92 Å². The van der Waals surface area contributed by atoms with Gasteiger partial charge in [-0.1, -0.05) is 32.0 Å². The monoisotopic (exact) mass is 268 g/mol. The Balaban J connectivity index is 2.09. The van der Waals surface area contributed by atoms with Crippen LogP contribution in [0, 0.1) is 5.92 Å². The number of para-hydroxylation sites is 1. The minimum Gasteiger partial charge on any atom is -0.353 e. The molecule has 1 aromatic carbocycles. The number of anilines is 1. The highest BCUT2D eigenvalue weighted by Crippen LogP contribution is 2.34. The van der Waals surface area contributed by atoms with Gasteiger partial charge in [-0.2, -0.15) is 0 Å². The van der Waals surface area contributed by atoms with Gasteiger partial charge in [-0.25, -0.2) is 4.98 Å². The summed E-state index contributed by atoms with van der Waals surface area (Å²) < 4.78 is 0. The van der Waals surface area contributed by atoms with Crippen LogP contribution in [0.3, 0.4) is 0 Å². The van der Waals surface area contributed by atoms with Crippen LogP contribution in [0.1, 0.15) is 37.0 Å². The Morgan fingerprint density at radius 2 is 2.10 bits per heavy atom. The number of aldehydes is 1. The highest BCUT2D eigenvalue weighted by molar-refractivity contribution is 5.91. The van der Waals surface area contributed by atoms with Gasteiger partial charge in [0.05, 0.1) is 11.1 Å². The van der Waals surface area contributed by atoms with Crippen LogP contribution in [-0.4, -0.2) is 23.9 Å². The average molecular weight is 268 g/mol. The molecule has 0 unspecified atom stereocenters. The van der Waals surface area contributed by atoms with Crippen LogP contribution in [0.15, 0.2) is 30.3 Å². The van der Waals surface area contributed by atoms with E-state index in [-0.39, 0.29) is 0 Å². The topological polar surface area (TPSA) is 33.2 Å². The number of rotatable bonds is 5. The molecule has 20 heavy (non-hydrogen) atoms. The lowest BCUT2D eigenvalue weighted by Gasteiger charge is -2.27.